The predicted octanol–water partition coefficient (Wildman–Crippen LogP) is 1.37. The SMILES string of the molecule is Fc1ccc(CN2C3CCNCC32)cc1. The summed E-state index contributed by atoms with van der Waals surface area (Å²) in [6.07, 6.45) is 1.26. The van der Waals surface area contributed by atoms with Crippen molar-refractivity contribution in [2.45, 2.75) is 25.0 Å². The molecule has 0 bridgehead atoms. The lowest BCUT2D eigenvalue weighted by atomic mass is 10.2. The van der Waals surface area contributed by atoms with Gasteiger partial charge in [0.05, 0.1) is 0 Å². The number of nitrogens with one attached hydrogen (secondary N) is 1. The van der Waals surface area contributed by atoms with Crippen molar-refractivity contribution >= 4 is 0 Å². The van der Waals surface area contributed by atoms with E-state index >= 15 is 0 Å². The Morgan fingerprint density at radius 3 is 2.73 bits per heavy atom. The second-order valence-electron chi connectivity index (χ2n) is 4.43. The number of rotatable bonds is 2. The van der Waals surface area contributed by atoms with E-state index in [9.17, 15) is 4.39 Å². The molecule has 0 saturated carbocycles. The summed E-state index contributed by atoms with van der Waals surface area (Å²) in [4.78, 5) is 2.49. The fourth-order valence-electron chi connectivity index (χ4n) is 2.54. The van der Waals surface area contributed by atoms with Gasteiger partial charge in [-0.15, -0.1) is 0 Å². The lowest BCUT2D eigenvalue weighted by Gasteiger charge is -2.05. The van der Waals surface area contributed by atoms with Gasteiger partial charge in [0.15, 0.2) is 0 Å². The van der Waals surface area contributed by atoms with Crippen LogP contribution >= 0.6 is 0 Å². The van der Waals surface area contributed by atoms with Crippen molar-refractivity contribution in [2.75, 3.05) is 13.1 Å². The highest BCUT2D eigenvalue weighted by molar-refractivity contribution is 5.19. The van der Waals surface area contributed by atoms with Crippen LogP contribution in [-0.2, 0) is 6.54 Å². The van der Waals surface area contributed by atoms with Crippen LogP contribution in [0.5, 0.6) is 0 Å². The van der Waals surface area contributed by atoms with Crippen LogP contribution in [-0.4, -0.2) is 30.1 Å². The lowest BCUT2D eigenvalue weighted by molar-refractivity contribution is 0.478. The second kappa shape index (κ2) is 3.58. The van der Waals surface area contributed by atoms with Crippen molar-refractivity contribution in [1.82, 2.24) is 10.2 Å². The molecular weight excluding hydrogens is 191 g/mol. The first-order chi connectivity index (χ1) is 7.34. The maximum Gasteiger partial charge on any atom is 0.123 e. The molecule has 1 N–H and O–H groups in total. The van der Waals surface area contributed by atoms with E-state index in [1.165, 1.54) is 12.0 Å². The first-order valence-electron chi connectivity index (χ1n) is 5.55. The van der Waals surface area contributed by atoms with Crippen LogP contribution in [0.25, 0.3) is 0 Å². The van der Waals surface area contributed by atoms with E-state index < -0.39 is 0 Å². The van der Waals surface area contributed by atoms with E-state index in [1.54, 1.807) is 12.1 Å². The Kier molecular flexibility index (Phi) is 2.22. The molecule has 3 unspecified atom stereocenters. The fourth-order valence-corrected chi connectivity index (χ4v) is 2.54. The smallest absolute Gasteiger partial charge is 0.123 e. The molecule has 0 spiro atoms. The summed E-state index contributed by atoms with van der Waals surface area (Å²) in [6.45, 7) is 3.23. The highest BCUT2D eigenvalue weighted by Crippen LogP contribution is 2.34. The van der Waals surface area contributed by atoms with Gasteiger partial charge < -0.3 is 5.32 Å². The van der Waals surface area contributed by atoms with Gasteiger partial charge in [-0.1, -0.05) is 12.1 Å². The summed E-state index contributed by atoms with van der Waals surface area (Å²) in [5.41, 5.74) is 1.21. The lowest BCUT2D eigenvalue weighted by Crippen LogP contribution is -2.28. The molecule has 2 fully saturated rings. The van der Waals surface area contributed by atoms with Crippen LogP contribution in [0, 0.1) is 5.82 Å². The van der Waals surface area contributed by atoms with Crippen molar-refractivity contribution in [3.05, 3.63) is 35.6 Å². The molecular formula is C12H15FN2. The van der Waals surface area contributed by atoms with E-state index in [4.69, 9.17) is 0 Å². The minimum Gasteiger partial charge on any atom is -0.315 e. The van der Waals surface area contributed by atoms with Gasteiger partial charge in [-0.25, -0.2) is 4.39 Å². The molecule has 15 heavy (non-hydrogen) atoms. The molecule has 3 rings (SSSR count). The Labute approximate surface area is 89.1 Å². The number of hydrogen-bond acceptors (Lipinski definition) is 2. The maximum absolute atomic E-state index is 12.7. The van der Waals surface area contributed by atoms with Crippen LogP contribution in [0.1, 0.15) is 12.0 Å². The highest BCUT2D eigenvalue weighted by Gasteiger charge is 2.47. The van der Waals surface area contributed by atoms with Crippen LogP contribution in [0.3, 0.4) is 0 Å². The Balaban J connectivity index is 1.64. The monoisotopic (exact) mass is 206 g/mol. The molecule has 0 aromatic heterocycles. The zero-order valence-electron chi connectivity index (χ0n) is 8.62. The van der Waals surface area contributed by atoms with Crippen molar-refractivity contribution in [3.63, 3.8) is 0 Å². The number of halogens is 1. The fraction of sp³-hybridized carbons (Fsp3) is 0.500. The van der Waals surface area contributed by atoms with Crippen LogP contribution in [0.2, 0.25) is 0 Å². The topological polar surface area (TPSA) is 15.0 Å². The standard InChI is InChI=1S/C12H15FN2/c13-10-3-1-9(2-4-10)8-15-11-5-6-14-7-12(11)15/h1-4,11-12,14H,5-8H2. The van der Waals surface area contributed by atoms with Gasteiger partial charge >= 0.3 is 0 Å². The molecule has 0 aliphatic carbocycles. The molecule has 3 atom stereocenters. The third-order valence-corrected chi connectivity index (χ3v) is 3.46. The summed E-state index contributed by atoms with van der Waals surface area (Å²) >= 11 is 0. The number of piperidine rings is 1. The number of benzene rings is 1. The molecule has 3 heteroatoms. The summed E-state index contributed by atoms with van der Waals surface area (Å²) in [5.74, 6) is -0.149. The van der Waals surface area contributed by atoms with Crippen LogP contribution in [0.4, 0.5) is 4.39 Å². The summed E-state index contributed by atoms with van der Waals surface area (Å²) in [5, 5.41) is 3.40. The quantitative estimate of drug-likeness (QED) is 0.735. The molecule has 2 nitrogen and oxygen atoms in total. The van der Waals surface area contributed by atoms with Gasteiger partial charge in [-0.05, 0) is 30.7 Å². The van der Waals surface area contributed by atoms with Gasteiger partial charge in [0, 0.05) is 25.2 Å². The van der Waals surface area contributed by atoms with Gasteiger partial charge in [-0.3, -0.25) is 4.90 Å². The Morgan fingerprint density at radius 2 is 2.07 bits per heavy atom. The van der Waals surface area contributed by atoms with E-state index in [2.05, 4.69) is 10.2 Å². The number of hydrogen-bond donors (Lipinski definition) is 1. The normalized spacial score (nSPS) is 33.5. The minimum absolute atomic E-state index is 0.149. The largest absolute Gasteiger partial charge is 0.315 e. The van der Waals surface area contributed by atoms with Gasteiger partial charge in [0.2, 0.25) is 0 Å². The van der Waals surface area contributed by atoms with E-state index in [1.807, 2.05) is 12.1 Å². The molecule has 0 amide bonds. The van der Waals surface area contributed by atoms with Crippen molar-refractivity contribution in [1.29, 1.82) is 0 Å². The zero-order valence-corrected chi connectivity index (χ0v) is 8.62. The molecule has 0 radical (unpaired) electrons. The Hall–Kier alpha value is -0.930. The highest BCUT2D eigenvalue weighted by atomic mass is 19.1. The van der Waals surface area contributed by atoms with Gasteiger partial charge in [0.25, 0.3) is 0 Å². The molecule has 1 aromatic rings. The van der Waals surface area contributed by atoms with E-state index in [0.717, 1.165) is 31.7 Å². The average molecular weight is 206 g/mol. The third-order valence-electron chi connectivity index (χ3n) is 3.46. The van der Waals surface area contributed by atoms with E-state index in [0.29, 0.717) is 0 Å². The number of nitrogens with zero attached hydrogens (tertiary/aromatic N) is 1. The third kappa shape index (κ3) is 1.77. The molecule has 2 heterocycles. The van der Waals surface area contributed by atoms with Crippen molar-refractivity contribution in [3.8, 4) is 0 Å². The summed E-state index contributed by atoms with van der Waals surface area (Å²) < 4.78 is 12.7. The first-order valence-corrected chi connectivity index (χ1v) is 5.55. The van der Waals surface area contributed by atoms with Crippen LogP contribution in [0.15, 0.2) is 24.3 Å². The first kappa shape index (κ1) is 9.31. The molecule has 80 valence electrons. The summed E-state index contributed by atoms with van der Waals surface area (Å²) in [7, 11) is 0. The van der Waals surface area contributed by atoms with Crippen LogP contribution < -0.4 is 5.32 Å². The second-order valence-corrected chi connectivity index (χ2v) is 4.43. The average Bonchev–Trinajstić information content (AvgIpc) is 2.96. The molecule has 2 saturated heterocycles. The zero-order chi connectivity index (χ0) is 10.3. The Bertz CT molecular complexity index is 337. The van der Waals surface area contributed by atoms with E-state index in [-0.39, 0.29) is 5.82 Å². The predicted molar refractivity (Wildman–Crippen MR) is 57.0 cm³/mol. The number of fused-ring (bicyclic) bond motifs is 1. The molecule has 2 aliphatic rings. The minimum atomic E-state index is -0.149. The van der Waals surface area contributed by atoms with Gasteiger partial charge in [-0.2, -0.15) is 0 Å². The van der Waals surface area contributed by atoms with Gasteiger partial charge in [0.1, 0.15) is 5.82 Å². The molecule has 2 aliphatic heterocycles. The Morgan fingerprint density at radius 1 is 1.27 bits per heavy atom. The van der Waals surface area contributed by atoms with Crippen molar-refractivity contribution < 1.29 is 4.39 Å². The maximum atomic E-state index is 12.7. The van der Waals surface area contributed by atoms with Crippen molar-refractivity contribution in [2.24, 2.45) is 0 Å². The molecule has 1 aromatic carbocycles. The summed E-state index contributed by atoms with van der Waals surface area (Å²) in [6, 6.07) is 8.35.